The summed E-state index contributed by atoms with van der Waals surface area (Å²) in [5.74, 6) is -0.310. The minimum Gasteiger partial charge on any atom is -0.296 e. The second-order valence-electron chi connectivity index (χ2n) is 6.13. The molecule has 1 aliphatic heterocycles. The summed E-state index contributed by atoms with van der Waals surface area (Å²) in [5, 5.41) is 3.47. The number of nitrogens with zero attached hydrogens (tertiary/aromatic N) is 4. The Morgan fingerprint density at radius 2 is 1.88 bits per heavy atom. The van der Waals surface area contributed by atoms with Gasteiger partial charge in [-0.05, 0) is 24.6 Å². The maximum absolute atomic E-state index is 13.3. The molecule has 1 aromatic heterocycles. The zero-order chi connectivity index (χ0) is 18.9. The van der Waals surface area contributed by atoms with Gasteiger partial charge in [0.05, 0.1) is 11.9 Å². The lowest BCUT2D eigenvalue weighted by Crippen LogP contribution is -2.48. The van der Waals surface area contributed by atoms with Crippen molar-refractivity contribution in [3.63, 3.8) is 0 Å². The molecule has 1 saturated heterocycles. The Labute approximate surface area is 149 Å². The van der Waals surface area contributed by atoms with E-state index in [1.54, 1.807) is 6.07 Å². The van der Waals surface area contributed by atoms with E-state index >= 15 is 0 Å². The molecule has 3 rings (SSSR count). The predicted octanol–water partition coefficient (Wildman–Crippen LogP) is 2.23. The maximum Gasteiger partial charge on any atom is 0.333 e. The molecule has 0 aliphatic carbocycles. The van der Waals surface area contributed by atoms with Crippen molar-refractivity contribution < 1.29 is 21.6 Å². The molecule has 0 saturated carbocycles. The molecule has 0 atom stereocenters. The Morgan fingerprint density at radius 3 is 2.46 bits per heavy atom. The number of halogens is 3. The summed E-state index contributed by atoms with van der Waals surface area (Å²) in [4.78, 5) is 1.83. The van der Waals surface area contributed by atoms with Crippen LogP contribution in [-0.2, 0) is 16.6 Å². The lowest BCUT2D eigenvalue weighted by atomic mass is 10.2. The summed E-state index contributed by atoms with van der Waals surface area (Å²) in [7, 11) is -3.88. The number of hydrogen-bond donors (Lipinski definition) is 0. The molecule has 1 aliphatic rings. The van der Waals surface area contributed by atoms with Gasteiger partial charge in [-0.2, -0.15) is 18.2 Å². The fourth-order valence-electron chi connectivity index (χ4n) is 3.02. The van der Waals surface area contributed by atoms with Gasteiger partial charge < -0.3 is 0 Å². The van der Waals surface area contributed by atoms with Gasteiger partial charge >= 0.3 is 6.55 Å². The molecule has 10 heteroatoms. The SMILES string of the molecule is Cc1c(S(=O)(=O)N2CCN(Cc3cccc(F)c3)CC2)cnn1C(F)F. The van der Waals surface area contributed by atoms with Gasteiger partial charge in [0.15, 0.2) is 0 Å². The highest BCUT2D eigenvalue weighted by Gasteiger charge is 2.32. The third-order valence-electron chi connectivity index (χ3n) is 4.43. The minimum atomic E-state index is -3.88. The van der Waals surface area contributed by atoms with Crippen LogP contribution in [0.4, 0.5) is 13.2 Å². The summed E-state index contributed by atoms with van der Waals surface area (Å²) in [6.45, 7) is 0.353. The maximum atomic E-state index is 13.3. The average molecular weight is 388 g/mol. The molecule has 0 spiro atoms. The third-order valence-corrected chi connectivity index (χ3v) is 6.43. The second kappa shape index (κ2) is 7.37. The lowest BCUT2D eigenvalue weighted by molar-refractivity contribution is 0.0541. The third kappa shape index (κ3) is 3.76. The molecular formula is C16H19F3N4O2S. The first-order valence-electron chi connectivity index (χ1n) is 8.08. The van der Waals surface area contributed by atoms with E-state index < -0.39 is 16.6 Å². The number of rotatable bonds is 5. The number of benzene rings is 1. The van der Waals surface area contributed by atoms with Crippen LogP contribution in [0.3, 0.4) is 0 Å². The Balaban J connectivity index is 1.67. The van der Waals surface area contributed by atoms with Crippen LogP contribution >= 0.6 is 0 Å². The van der Waals surface area contributed by atoms with Crippen LogP contribution in [0.2, 0.25) is 0 Å². The molecule has 0 bridgehead atoms. The van der Waals surface area contributed by atoms with Crippen LogP contribution < -0.4 is 0 Å². The van der Waals surface area contributed by atoms with Gasteiger partial charge in [0, 0.05) is 32.7 Å². The second-order valence-corrected chi connectivity index (χ2v) is 8.03. The van der Waals surface area contributed by atoms with Gasteiger partial charge in [0.25, 0.3) is 0 Å². The van der Waals surface area contributed by atoms with Crippen molar-refractivity contribution in [2.75, 3.05) is 26.2 Å². The van der Waals surface area contributed by atoms with Gasteiger partial charge in [-0.15, -0.1) is 0 Å². The van der Waals surface area contributed by atoms with Crippen LogP contribution in [0.1, 0.15) is 17.8 Å². The number of piperazine rings is 1. The number of sulfonamides is 1. The largest absolute Gasteiger partial charge is 0.333 e. The number of aromatic nitrogens is 2. The Kier molecular flexibility index (Phi) is 5.35. The Morgan fingerprint density at radius 1 is 1.19 bits per heavy atom. The monoisotopic (exact) mass is 388 g/mol. The summed E-state index contributed by atoms with van der Waals surface area (Å²) in [6, 6.07) is 6.27. The lowest BCUT2D eigenvalue weighted by Gasteiger charge is -2.33. The highest BCUT2D eigenvalue weighted by Crippen LogP contribution is 2.24. The van der Waals surface area contributed by atoms with Gasteiger partial charge in [-0.25, -0.2) is 17.5 Å². The van der Waals surface area contributed by atoms with Crippen molar-refractivity contribution in [1.29, 1.82) is 0 Å². The minimum absolute atomic E-state index is 0.0813. The zero-order valence-corrected chi connectivity index (χ0v) is 15.0. The van der Waals surface area contributed by atoms with Gasteiger partial charge in [0.2, 0.25) is 10.0 Å². The van der Waals surface area contributed by atoms with Crippen LogP contribution in [0, 0.1) is 12.7 Å². The summed E-state index contributed by atoms with van der Waals surface area (Å²) in [5.41, 5.74) is 0.734. The molecule has 0 N–H and O–H groups in total. The van der Waals surface area contributed by atoms with Gasteiger partial charge in [-0.1, -0.05) is 12.1 Å². The van der Waals surface area contributed by atoms with Gasteiger partial charge in [0.1, 0.15) is 10.7 Å². The quantitative estimate of drug-likeness (QED) is 0.788. The van der Waals surface area contributed by atoms with E-state index in [1.807, 2.05) is 11.0 Å². The fraction of sp³-hybridized carbons (Fsp3) is 0.438. The Bertz CT molecular complexity index is 877. The van der Waals surface area contributed by atoms with Crippen LogP contribution in [0.15, 0.2) is 35.4 Å². The normalized spacial score (nSPS) is 17.1. The van der Waals surface area contributed by atoms with Crippen LogP contribution in [-0.4, -0.2) is 53.6 Å². The molecule has 0 radical (unpaired) electrons. The van der Waals surface area contributed by atoms with E-state index in [9.17, 15) is 21.6 Å². The van der Waals surface area contributed by atoms with E-state index in [1.165, 1.54) is 23.4 Å². The highest BCUT2D eigenvalue weighted by atomic mass is 32.2. The molecule has 1 aromatic carbocycles. The first-order chi connectivity index (χ1) is 12.3. The van der Waals surface area contributed by atoms with E-state index in [-0.39, 0.29) is 29.5 Å². The average Bonchev–Trinajstić information content (AvgIpc) is 2.98. The van der Waals surface area contributed by atoms with Crippen LogP contribution in [0.25, 0.3) is 0 Å². The first-order valence-corrected chi connectivity index (χ1v) is 9.52. The van der Waals surface area contributed by atoms with E-state index in [4.69, 9.17) is 0 Å². The molecule has 26 heavy (non-hydrogen) atoms. The van der Waals surface area contributed by atoms with Crippen molar-refractivity contribution in [2.24, 2.45) is 0 Å². The molecular weight excluding hydrogens is 369 g/mol. The number of alkyl halides is 2. The fourth-order valence-corrected chi connectivity index (χ4v) is 4.59. The summed E-state index contributed by atoms with van der Waals surface area (Å²) < 4.78 is 66.0. The highest BCUT2D eigenvalue weighted by molar-refractivity contribution is 7.89. The van der Waals surface area contributed by atoms with Crippen molar-refractivity contribution in [2.45, 2.75) is 24.9 Å². The zero-order valence-electron chi connectivity index (χ0n) is 14.1. The van der Waals surface area contributed by atoms with Crippen LogP contribution in [0.5, 0.6) is 0 Å². The summed E-state index contributed by atoms with van der Waals surface area (Å²) >= 11 is 0. The first kappa shape index (κ1) is 18.9. The van der Waals surface area contributed by atoms with Crippen molar-refractivity contribution in [3.05, 3.63) is 47.5 Å². The van der Waals surface area contributed by atoms with Gasteiger partial charge in [-0.3, -0.25) is 4.90 Å². The smallest absolute Gasteiger partial charge is 0.296 e. The number of hydrogen-bond acceptors (Lipinski definition) is 4. The van der Waals surface area contributed by atoms with E-state index in [0.29, 0.717) is 24.3 Å². The topological polar surface area (TPSA) is 58.4 Å². The predicted molar refractivity (Wildman–Crippen MR) is 88.7 cm³/mol. The van der Waals surface area contributed by atoms with Crippen molar-refractivity contribution >= 4 is 10.0 Å². The van der Waals surface area contributed by atoms with Crippen molar-refractivity contribution in [1.82, 2.24) is 19.0 Å². The molecule has 142 valence electrons. The summed E-state index contributed by atoms with van der Waals surface area (Å²) in [6.07, 6.45) is 0.968. The van der Waals surface area contributed by atoms with E-state index in [2.05, 4.69) is 5.10 Å². The van der Waals surface area contributed by atoms with E-state index in [0.717, 1.165) is 11.8 Å². The molecule has 1 fully saturated rings. The molecule has 6 nitrogen and oxygen atoms in total. The molecule has 0 unspecified atom stereocenters. The van der Waals surface area contributed by atoms with Crippen molar-refractivity contribution in [3.8, 4) is 0 Å². The molecule has 2 aromatic rings. The Hall–Kier alpha value is -1.91. The molecule has 0 amide bonds. The molecule has 2 heterocycles. The standard InChI is InChI=1S/C16H19F3N4O2S/c1-12-15(10-20-23(12)16(18)19)26(24,25)22-7-5-21(6-8-22)11-13-3-2-4-14(17)9-13/h2-4,9-10,16H,5-8,11H2,1H3.